The van der Waals surface area contributed by atoms with Crippen LogP contribution in [0.5, 0.6) is 0 Å². The summed E-state index contributed by atoms with van der Waals surface area (Å²) < 4.78 is 27.8. The van der Waals surface area contributed by atoms with E-state index in [1.807, 2.05) is 7.05 Å². The number of anilines is 1. The monoisotopic (exact) mass is 448 g/mol. The normalized spacial score (nSPS) is 21.9. The maximum Gasteiger partial charge on any atom is 0.243 e. The zero-order valence-corrected chi connectivity index (χ0v) is 19.2. The maximum atomic E-state index is 13.1. The summed E-state index contributed by atoms with van der Waals surface area (Å²) in [6.07, 6.45) is 2.53. The Hall–Kier alpha value is -1.97. The summed E-state index contributed by atoms with van der Waals surface area (Å²) in [5, 5.41) is 0. The van der Waals surface area contributed by atoms with Crippen LogP contribution in [0.2, 0.25) is 0 Å². The van der Waals surface area contributed by atoms with Gasteiger partial charge in [-0.3, -0.25) is 9.59 Å². The van der Waals surface area contributed by atoms with E-state index < -0.39 is 10.0 Å². The van der Waals surface area contributed by atoms with Gasteiger partial charge in [0.05, 0.1) is 4.90 Å². The van der Waals surface area contributed by atoms with Crippen molar-refractivity contribution in [1.82, 2.24) is 14.1 Å². The van der Waals surface area contributed by atoms with Gasteiger partial charge in [0.1, 0.15) is 6.54 Å². The van der Waals surface area contributed by atoms with Crippen LogP contribution in [0.15, 0.2) is 23.1 Å². The molecule has 170 valence electrons. The van der Waals surface area contributed by atoms with Gasteiger partial charge in [-0.05, 0) is 56.0 Å². The highest BCUT2D eigenvalue weighted by atomic mass is 32.2. The van der Waals surface area contributed by atoms with E-state index in [0.29, 0.717) is 44.2 Å². The topological polar surface area (TPSA) is 81.2 Å². The molecule has 0 bridgehead atoms. The first-order chi connectivity index (χ1) is 14.8. The first-order valence-electron chi connectivity index (χ1n) is 11.2. The van der Waals surface area contributed by atoms with Crippen LogP contribution in [0.3, 0.4) is 0 Å². The number of aryl methyl sites for hydroxylation is 1. The molecule has 1 aromatic rings. The number of hydrogen-bond donors (Lipinski definition) is 0. The molecule has 31 heavy (non-hydrogen) atoms. The van der Waals surface area contributed by atoms with Crippen molar-refractivity contribution in [3.8, 4) is 0 Å². The summed E-state index contributed by atoms with van der Waals surface area (Å²) in [6.45, 7) is 6.23. The number of sulfonamides is 1. The highest BCUT2D eigenvalue weighted by molar-refractivity contribution is 7.89. The van der Waals surface area contributed by atoms with Gasteiger partial charge in [0, 0.05) is 51.4 Å². The lowest BCUT2D eigenvalue weighted by Crippen LogP contribution is -2.51. The van der Waals surface area contributed by atoms with Crippen LogP contribution in [0.1, 0.15) is 31.7 Å². The third-order valence-electron chi connectivity index (χ3n) is 6.78. The summed E-state index contributed by atoms with van der Waals surface area (Å²) in [7, 11) is -1.52. The number of benzene rings is 1. The Balaban J connectivity index is 1.52. The second kappa shape index (κ2) is 8.88. The smallest absolute Gasteiger partial charge is 0.243 e. The van der Waals surface area contributed by atoms with Crippen molar-refractivity contribution < 1.29 is 18.0 Å². The lowest BCUT2D eigenvalue weighted by molar-refractivity contribution is -0.132. The zero-order valence-electron chi connectivity index (χ0n) is 18.4. The highest BCUT2D eigenvalue weighted by Gasteiger charge is 2.32. The number of piperidine rings is 1. The minimum Gasteiger partial charge on any atom is -0.339 e. The van der Waals surface area contributed by atoms with Crippen molar-refractivity contribution in [2.45, 2.75) is 37.5 Å². The molecule has 1 aromatic carbocycles. The highest BCUT2D eigenvalue weighted by Crippen LogP contribution is 2.32. The largest absolute Gasteiger partial charge is 0.339 e. The molecule has 0 N–H and O–H groups in total. The number of fused-ring (bicyclic) bond motifs is 1. The van der Waals surface area contributed by atoms with Gasteiger partial charge in [-0.2, -0.15) is 4.31 Å². The van der Waals surface area contributed by atoms with Crippen molar-refractivity contribution in [2.24, 2.45) is 5.92 Å². The lowest BCUT2D eigenvalue weighted by atomic mass is 10.0. The average Bonchev–Trinajstić information content (AvgIpc) is 2.76. The Bertz CT molecular complexity index is 948. The number of carbonyl (C=O) groups is 2. The van der Waals surface area contributed by atoms with Crippen molar-refractivity contribution in [1.29, 1.82) is 0 Å². The second-order valence-electron chi connectivity index (χ2n) is 9.04. The first-order valence-corrected chi connectivity index (χ1v) is 12.6. The number of piperazine rings is 1. The molecular weight excluding hydrogens is 416 g/mol. The summed E-state index contributed by atoms with van der Waals surface area (Å²) in [6, 6.07) is 4.98. The predicted octanol–water partition coefficient (Wildman–Crippen LogP) is 1.16. The minimum absolute atomic E-state index is 0.00561. The minimum atomic E-state index is -3.55. The molecule has 2 saturated heterocycles. The van der Waals surface area contributed by atoms with Gasteiger partial charge in [0.15, 0.2) is 0 Å². The molecular formula is C22H32N4O4S. The number of likely N-dealkylation sites (N-methyl/N-ethyl adjacent to an activating group) is 1. The van der Waals surface area contributed by atoms with Gasteiger partial charge < -0.3 is 14.7 Å². The van der Waals surface area contributed by atoms with E-state index in [9.17, 15) is 18.0 Å². The number of amides is 2. The van der Waals surface area contributed by atoms with Gasteiger partial charge in [0.25, 0.3) is 0 Å². The molecule has 9 heteroatoms. The van der Waals surface area contributed by atoms with E-state index in [2.05, 4.69) is 11.8 Å². The van der Waals surface area contributed by atoms with Gasteiger partial charge in [-0.1, -0.05) is 6.92 Å². The zero-order chi connectivity index (χ0) is 22.2. The van der Waals surface area contributed by atoms with Crippen LogP contribution >= 0.6 is 0 Å². The first kappa shape index (κ1) is 22.2. The molecule has 3 aliphatic rings. The summed E-state index contributed by atoms with van der Waals surface area (Å²) >= 11 is 0. The van der Waals surface area contributed by atoms with Crippen LogP contribution in [0, 0.1) is 5.92 Å². The summed E-state index contributed by atoms with van der Waals surface area (Å²) in [5.74, 6) is 0.399. The van der Waals surface area contributed by atoms with E-state index in [1.165, 1.54) is 4.90 Å². The Morgan fingerprint density at radius 3 is 2.39 bits per heavy atom. The van der Waals surface area contributed by atoms with E-state index in [4.69, 9.17) is 0 Å². The maximum absolute atomic E-state index is 13.1. The molecule has 0 aliphatic carbocycles. The Labute approximate surface area is 184 Å². The van der Waals surface area contributed by atoms with Crippen LogP contribution in [0.4, 0.5) is 5.69 Å². The molecule has 3 aliphatic heterocycles. The van der Waals surface area contributed by atoms with Crippen molar-refractivity contribution >= 4 is 27.5 Å². The lowest BCUT2D eigenvalue weighted by Gasteiger charge is -2.35. The molecule has 0 atom stereocenters. The third-order valence-corrected chi connectivity index (χ3v) is 8.68. The molecule has 0 spiro atoms. The molecule has 0 unspecified atom stereocenters. The fourth-order valence-corrected chi connectivity index (χ4v) is 6.06. The standard InChI is InChI=1S/C22H32N4O4S/c1-17-7-9-25(10-8-17)31(29,30)19-4-5-20-18(15-19)3-6-21(27)26(20)16-22(28)24-13-11-23(2)12-14-24/h4-5,15,17H,3,6-14,16H2,1-2H3. The molecule has 8 nitrogen and oxygen atoms in total. The fraction of sp³-hybridized carbons (Fsp3) is 0.636. The van der Waals surface area contributed by atoms with E-state index in [-0.39, 0.29) is 29.7 Å². The second-order valence-corrected chi connectivity index (χ2v) is 11.0. The third kappa shape index (κ3) is 4.63. The Morgan fingerprint density at radius 1 is 1.03 bits per heavy atom. The number of hydrogen-bond acceptors (Lipinski definition) is 5. The molecule has 0 saturated carbocycles. The molecule has 3 heterocycles. The van der Waals surface area contributed by atoms with Gasteiger partial charge in [-0.15, -0.1) is 0 Å². The number of nitrogens with zero attached hydrogens (tertiary/aromatic N) is 4. The number of rotatable bonds is 4. The quantitative estimate of drug-likeness (QED) is 0.691. The SMILES string of the molecule is CC1CCN(S(=O)(=O)c2ccc3c(c2)CCC(=O)N3CC(=O)N2CCN(C)CC2)CC1. The van der Waals surface area contributed by atoms with Crippen molar-refractivity contribution in [3.63, 3.8) is 0 Å². The molecule has 0 radical (unpaired) electrons. The molecule has 2 fully saturated rings. The summed E-state index contributed by atoms with van der Waals surface area (Å²) in [4.78, 5) is 31.2. The van der Waals surface area contributed by atoms with E-state index in [1.54, 1.807) is 27.4 Å². The predicted molar refractivity (Wildman–Crippen MR) is 118 cm³/mol. The van der Waals surface area contributed by atoms with Crippen LogP contribution in [0.25, 0.3) is 0 Å². The van der Waals surface area contributed by atoms with E-state index >= 15 is 0 Å². The molecule has 4 rings (SSSR count). The van der Waals surface area contributed by atoms with Crippen LogP contribution in [-0.2, 0) is 26.0 Å². The molecule has 2 amide bonds. The van der Waals surface area contributed by atoms with Crippen molar-refractivity contribution in [3.05, 3.63) is 23.8 Å². The molecule has 0 aromatic heterocycles. The number of carbonyl (C=O) groups excluding carboxylic acids is 2. The fourth-order valence-electron chi connectivity index (χ4n) is 4.54. The van der Waals surface area contributed by atoms with Gasteiger partial charge in [-0.25, -0.2) is 8.42 Å². The summed E-state index contributed by atoms with van der Waals surface area (Å²) in [5.41, 5.74) is 1.47. The van der Waals surface area contributed by atoms with E-state index in [0.717, 1.165) is 31.5 Å². The Morgan fingerprint density at radius 2 is 1.71 bits per heavy atom. The van der Waals surface area contributed by atoms with Gasteiger partial charge >= 0.3 is 0 Å². The van der Waals surface area contributed by atoms with Crippen molar-refractivity contribution in [2.75, 3.05) is 57.8 Å². The average molecular weight is 449 g/mol. The van der Waals surface area contributed by atoms with Crippen LogP contribution in [-0.4, -0.2) is 87.2 Å². The Kier molecular flexibility index (Phi) is 6.37. The van der Waals surface area contributed by atoms with Crippen LogP contribution < -0.4 is 4.90 Å². The van der Waals surface area contributed by atoms with Gasteiger partial charge in [0.2, 0.25) is 21.8 Å².